The SMILES string of the molecule is O=C(C=Cc1cccc(C(F)(F)F)c1)Nc1cccc(OCC2CCNCC2)c1. The van der Waals surface area contributed by atoms with Gasteiger partial charge < -0.3 is 15.4 Å². The van der Waals surface area contributed by atoms with E-state index in [0.29, 0.717) is 29.5 Å². The van der Waals surface area contributed by atoms with Gasteiger partial charge in [0, 0.05) is 17.8 Å². The summed E-state index contributed by atoms with van der Waals surface area (Å²) >= 11 is 0. The van der Waals surface area contributed by atoms with Crippen LogP contribution in [0.4, 0.5) is 18.9 Å². The highest BCUT2D eigenvalue weighted by atomic mass is 19.4. The summed E-state index contributed by atoms with van der Waals surface area (Å²) in [6.45, 7) is 2.64. The lowest BCUT2D eigenvalue weighted by Crippen LogP contribution is -2.30. The second-order valence-electron chi connectivity index (χ2n) is 6.98. The minimum atomic E-state index is -4.42. The second kappa shape index (κ2) is 9.60. The number of amides is 1. The molecule has 1 amide bonds. The molecule has 1 aliphatic rings. The number of hydrogen-bond acceptors (Lipinski definition) is 3. The number of carbonyl (C=O) groups is 1. The molecule has 4 nitrogen and oxygen atoms in total. The maximum atomic E-state index is 12.8. The highest BCUT2D eigenvalue weighted by molar-refractivity contribution is 6.02. The number of anilines is 1. The Bertz CT molecular complexity index is 859. The molecule has 1 fully saturated rings. The molecule has 154 valence electrons. The second-order valence-corrected chi connectivity index (χ2v) is 6.98. The first kappa shape index (κ1) is 20.9. The molecule has 0 bridgehead atoms. The predicted octanol–water partition coefficient (Wildman–Crippen LogP) is 4.74. The van der Waals surface area contributed by atoms with Gasteiger partial charge in [-0.3, -0.25) is 4.79 Å². The molecule has 1 saturated heterocycles. The molecule has 3 rings (SSSR count). The van der Waals surface area contributed by atoms with Crippen molar-refractivity contribution < 1.29 is 22.7 Å². The normalized spacial score (nSPS) is 15.4. The van der Waals surface area contributed by atoms with E-state index in [1.807, 2.05) is 6.07 Å². The summed E-state index contributed by atoms with van der Waals surface area (Å²) in [5.41, 5.74) is 0.110. The van der Waals surface area contributed by atoms with Crippen molar-refractivity contribution in [1.82, 2.24) is 5.32 Å². The standard InChI is InChI=1S/C22H23F3N2O2/c23-22(24,25)18-4-1-3-16(13-18)7-8-21(28)27-19-5-2-6-20(14-19)29-15-17-9-11-26-12-10-17/h1-8,13-14,17,26H,9-12,15H2,(H,27,28). The van der Waals surface area contributed by atoms with Crippen LogP contribution in [0.2, 0.25) is 0 Å². The van der Waals surface area contributed by atoms with E-state index in [1.54, 1.807) is 18.2 Å². The monoisotopic (exact) mass is 404 g/mol. The fourth-order valence-corrected chi connectivity index (χ4v) is 3.10. The van der Waals surface area contributed by atoms with Crippen LogP contribution >= 0.6 is 0 Å². The molecule has 29 heavy (non-hydrogen) atoms. The number of halogens is 3. The van der Waals surface area contributed by atoms with Gasteiger partial charge >= 0.3 is 6.18 Å². The van der Waals surface area contributed by atoms with Gasteiger partial charge in [-0.15, -0.1) is 0 Å². The van der Waals surface area contributed by atoms with Crippen molar-refractivity contribution >= 4 is 17.7 Å². The summed E-state index contributed by atoms with van der Waals surface area (Å²) in [6.07, 6.45) is 0.300. The first-order valence-corrected chi connectivity index (χ1v) is 9.50. The molecule has 2 N–H and O–H groups in total. The minimum Gasteiger partial charge on any atom is -0.493 e. The largest absolute Gasteiger partial charge is 0.493 e. The molecule has 7 heteroatoms. The molecular formula is C22H23F3N2O2. The van der Waals surface area contributed by atoms with E-state index < -0.39 is 17.6 Å². The lowest BCUT2D eigenvalue weighted by molar-refractivity contribution is -0.137. The third-order valence-electron chi connectivity index (χ3n) is 4.69. The Balaban J connectivity index is 1.55. The zero-order valence-corrected chi connectivity index (χ0v) is 15.8. The molecule has 1 aliphatic heterocycles. The molecule has 0 radical (unpaired) electrons. The number of piperidine rings is 1. The van der Waals surface area contributed by atoms with E-state index in [0.717, 1.165) is 38.1 Å². The fourth-order valence-electron chi connectivity index (χ4n) is 3.10. The maximum absolute atomic E-state index is 12.8. The Hall–Kier alpha value is -2.80. The van der Waals surface area contributed by atoms with E-state index in [1.165, 1.54) is 24.3 Å². The number of hydrogen-bond donors (Lipinski definition) is 2. The van der Waals surface area contributed by atoms with Crippen LogP contribution in [0.25, 0.3) is 6.08 Å². The van der Waals surface area contributed by atoms with E-state index in [-0.39, 0.29) is 0 Å². The van der Waals surface area contributed by atoms with Gasteiger partial charge in [0.15, 0.2) is 0 Å². The zero-order chi connectivity index (χ0) is 20.7. The number of rotatable bonds is 6. The molecule has 1 heterocycles. The molecule has 2 aromatic rings. The quantitative estimate of drug-likeness (QED) is 0.684. The Morgan fingerprint density at radius 1 is 1.14 bits per heavy atom. The van der Waals surface area contributed by atoms with Gasteiger partial charge in [-0.05, 0) is 67.8 Å². The highest BCUT2D eigenvalue weighted by Gasteiger charge is 2.30. The number of ether oxygens (including phenoxy) is 1. The van der Waals surface area contributed by atoms with Gasteiger partial charge in [0.2, 0.25) is 5.91 Å². The molecule has 0 atom stereocenters. The van der Waals surface area contributed by atoms with Crippen LogP contribution in [0.3, 0.4) is 0 Å². The van der Waals surface area contributed by atoms with Crippen LogP contribution in [0.15, 0.2) is 54.6 Å². The van der Waals surface area contributed by atoms with Gasteiger partial charge in [-0.2, -0.15) is 13.2 Å². The van der Waals surface area contributed by atoms with Gasteiger partial charge in [-0.25, -0.2) is 0 Å². The van der Waals surface area contributed by atoms with Crippen LogP contribution < -0.4 is 15.4 Å². The molecule has 0 aromatic heterocycles. The lowest BCUT2D eigenvalue weighted by atomic mass is 9.99. The Labute approximate surface area is 167 Å². The van der Waals surface area contributed by atoms with Gasteiger partial charge in [0.1, 0.15) is 5.75 Å². The average Bonchev–Trinajstić information content (AvgIpc) is 2.71. The summed E-state index contributed by atoms with van der Waals surface area (Å²) in [6, 6.07) is 11.9. The van der Waals surface area contributed by atoms with Gasteiger partial charge in [-0.1, -0.05) is 18.2 Å². The first-order valence-electron chi connectivity index (χ1n) is 9.50. The molecule has 0 saturated carbocycles. The summed E-state index contributed by atoms with van der Waals surface area (Å²) < 4.78 is 44.1. The summed E-state index contributed by atoms with van der Waals surface area (Å²) in [7, 11) is 0. The van der Waals surface area contributed by atoms with Crippen molar-refractivity contribution in [3.05, 3.63) is 65.7 Å². The first-order chi connectivity index (χ1) is 13.9. The number of nitrogens with one attached hydrogen (secondary N) is 2. The van der Waals surface area contributed by atoms with Crippen LogP contribution in [0.1, 0.15) is 24.0 Å². The van der Waals surface area contributed by atoms with Crippen LogP contribution in [0.5, 0.6) is 5.75 Å². The summed E-state index contributed by atoms with van der Waals surface area (Å²) in [4.78, 5) is 12.1. The minimum absolute atomic E-state index is 0.300. The van der Waals surface area contributed by atoms with E-state index in [4.69, 9.17) is 4.74 Å². The van der Waals surface area contributed by atoms with Crippen molar-refractivity contribution in [2.45, 2.75) is 19.0 Å². The molecule has 2 aromatic carbocycles. The van der Waals surface area contributed by atoms with Crippen molar-refractivity contribution in [2.75, 3.05) is 25.0 Å². The molecular weight excluding hydrogens is 381 g/mol. The number of benzene rings is 2. The predicted molar refractivity (Wildman–Crippen MR) is 107 cm³/mol. The smallest absolute Gasteiger partial charge is 0.416 e. The highest BCUT2D eigenvalue weighted by Crippen LogP contribution is 2.29. The Morgan fingerprint density at radius 3 is 2.66 bits per heavy atom. The summed E-state index contributed by atoms with van der Waals surface area (Å²) in [5, 5.41) is 6.01. The van der Waals surface area contributed by atoms with E-state index in [2.05, 4.69) is 10.6 Å². The molecule has 0 unspecified atom stereocenters. The van der Waals surface area contributed by atoms with Crippen molar-refractivity contribution in [3.63, 3.8) is 0 Å². The lowest BCUT2D eigenvalue weighted by Gasteiger charge is -2.22. The van der Waals surface area contributed by atoms with E-state index in [9.17, 15) is 18.0 Å². The third kappa shape index (κ3) is 6.64. The topological polar surface area (TPSA) is 50.4 Å². The van der Waals surface area contributed by atoms with E-state index >= 15 is 0 Å². The van der Waals surface area contributed by atoms with Gasteiger partial charge in [0.25, 0.3) is 0 Å². The van der Waals surface area contributed by atoms with Crippen molar-refractivity contribution in [3.8, 4) is 5.75 Å². The zero-order valence-electron chi connectivity index (χ0n) is 15.8. The van der Waals surface area contributed by atoms with Crippen LogP contribution in [-0.2, 0) is 11.0 Å². The Kier molecular flexibility index (Phi) is 6.93. The number of carbonyl (C=O) groups excluding carboxylic acids is 1. The average molecular weight is 404 g/mol. The Morgan fingerprint density at radius 2 is 1.90 bits per heavy atom. The van der Waals surface area contributed by atoms with Crippen LogP contribution in [-0.4, -0.2) is 25.6 Å². The fraction of sp³-hybridized carbons (Fsp3) is 0.318. The maximum Gasteiger partial charge on any atom is 0.416 e. The van der Waals surface area contributed by atoms with Crippen LogP contribution in [0, 0.1) is 5.92 Å². The van der Waals surface area contributed by atoms with Crippen molar-refractivity contribution in [2.24, 2.45) is 5.92 Å². The van der Waals surface area contributed by atoms with Gasteiger partial charge in [0.05, 0.1) is 12.2 Å². The third-order valence-corrected chi connectivity index (χ3v) is 4.69. The molecule has 0 spiro atoms. The number of alkyl halides is 3. The molecule has 0 aliphatic carbocycles. The van der Waals surface area contributed by atoms with Crippen molar-refractivity contribution in [1.29, 1.82) is 0 Å². The summed E-state index contributed by atoms with van der Waals surface area (Å²) in [5.74, 6) is 0.756.